The van der Waals surface area contributed by atoms with Crippen molar-refractivity contribution in [3.05, 3.63) is 29.5 Å². The lowest BCUT2D eigenvalue weighted by Gasteiger charge is -2.05. The van der Waals surface area contributed by atoms with Crippen molar-refractivity contribution in [2.24, 2.45) is 7.05 Å². The number of anilines is 1. The number of fused-ring (bicyclic) bond motifs is 2. The summed E-state index contributed by atoms with van der Waals surface area (Å²) in [6, 6.07) is 4.33. The van der Waals surface area contributed by atoms with Crippen LogP contribution in [0.2, 0.25) is 0 Å². The molecule has 88 valence electrons. The first kappa shape index (κ1) is 10.4. The molecule has 1 aliphatic rings. The van der Waals surface area contributed by atoms with Crippen molar-refractivity contribution < 1.29 is 4.79 Å². The van der Waals surface area contributed by atoms with Crippen molar-refractivity contribution in [2.75, 3.05) is 5.32 Å². The summed E-state index contributed by atoms with van der Waals surface area (Å²) in [6.07, 6.45) is 2.95. The summed E-state index contributed by atoms with van der Waals surface area (Å²) >= 11 is 0. The summed E-state index contributed by atoms with van der Waals surface area (Å²) in [5.74, 6) is 0.210. The second-order valence-corrected chi connectivity index (χ2v) is 4.96. The van der Waals surface area contributed by atoms with Crippen LogP contribution in [0.1, 0.15) is 18.1 Å². The molecule has 0 fully saturated rings. The van der Waals surface area contributed by atoms with E-state index in [1.807, 2.05) is 0 Å². The van der Waals surface area contributed by atoms with Gasteiger partial charge in [-0.25, -0.2) is 0 Å². The summed E-state index contributed by atoms with van der Waals surface area (Å²) in [4.78, 5) is 11.4. The molecule has 3 nitrogen and oxygen atoms in total. The fourth-order valence-electron chi connectivity index (χ4n) is 2.68. The van der Waals surface area contributed by atoms with Crippen molar-refractivity contribution in [3.8, 4) is 0 Å². The van der Waals surface area contributed by atoms with Crippen LogP contribution in [0.15, 0.2) is 18.3 Å². The fraction of sp³-hybridized carbons (Fsp3) is 0.357. The lowest BCUT2D eigenvalue weighted by atomic mass is 10.1. The minimum Gasteiger partial charge on any atom is -0.375 e. The van der Waals surface area contributed by atoms with Crippen molar-refractivity contribution in [1.29, 1.82) is 0 Å². The van der Waals surface area contributed by atoms with Gasteiger partial charge in [-0.2, -0.15) is 0 Å². The Balaban J connectivity index is 2.16. The van der Waals surface area contributed by atoms with E-state index >= 15 is 0 Å². The van der Waals surface area contributed by atoms with E-state index < -0.39 is 0 Å². The molecule has 1 aliphatic heterocycles. The van der Waals surface area contributed by atoms with Crippen LogP contribution in [-0.2, 0) is 18.3 Å². The molecule has 1 aromatic carbocycles. The van der Waals surface area contributed by atoms with E-state index in [1.54, 1.807) is 6.92 Å². The van der Waals surface area contributed by atoms with E-state index in [1.165, 1.54) is 22.0 Å². The Hall–Kier alpha value is -1.77. The monoisotopic (exact) mass is 228 g/mol. The zero-order chi connectivity index (χ0) is 12.2. The van der Waals surface area contributed by atoms with Crippen LogP contribution in [0.4, 0.5) is 5.69 Å². The lowest BCUT2D eigenvalue weighted by molar-refractivity contribution is -0.117. The van der Waals surface area contributed by atoms with Gasteiger partial charge in [-0.1, -0.05) is 0 Å². The van der Waals surface area contributed by atoms with Gasteiger partial charge in [-0.05, 0) is 37.1 Å². The molecule has 0 amide bonds. The Morgan fingerprint density at radius 3 is 2.94 bits per heavy atom. The van der Waals surface area contributed by atoms with Crippen molar-refractivity contribution in [1.82, 2.24) is 4.57 Å². The number of carbonyl (C=O) groups excluding carboxylic acids is 1. The van der Waals surface area contributed by atoms with Gasteiger partial charge in [0.05, 0.1) is 6.04 Å². The van der Waals surface area contributed by atoms with E-state index in [9.17, 15) is 4.79 Å². The third-order valence-electron chi connectivity index (χ3n) is 3.66. The molecular weight excluding hydrogens is 212 g/mol. The van der Waals surface area contributed by atoms with Crippen molar-refractivity contribution >= 4 is 22.4 Å². The number of nitrogens with one attached hydrogen (secondary N) is 1. The SMILES string of the molecule is CC(=O)C1Cc2cc3c(cc2N1)c(C)cn3C. The topological polar surface area (TPSA) is 34.0 Å². The molecule has 1 atom stereocenters. The predicted molar refractivity (Wildman–Crippen MR) is 69.5 cm³/mol. The van der Waals surface area contributed by atoms with Crippen LogP contribution >= 0.6 is 0 Å². The van der Waals surface area contributed by atoms with Crippen LogP contribution in [0, 0.1) is 6.92 Å². The zero-order valence-corrected chi connectivity index (χ0v) is 10.4. The maximum absolute atomic E-state index is 11.4. The number of nitrogens with zero attached hydrogens (tertiary/aromatic N) is 1. The molecule has 1 aromatic heterocycles. The molecule has 0 aliphatic carbocycles. The average Bonchev–Trinajstić information content (AvgIpc) is 2.79. The van der Waals surface area contributed by atoms with E-state index in [0.717, 1.165) is 12.1 Å². The van der Waals surface area contributed by atoms with Crippen LogP contribution in [0.3, 0.4) is 0 Å². The summed E-state index contributed by atoms with van der Waals surface area (Å²) in [6.45, 7) is 3.76. The van der Waals surface area contributed by atoms with Gasteiger partial charge in [0.1, 0.15) is 0 Å². The van der Waals surface area contributed by atoms with E-state index in [4.69, 9.17) is 0 Å². The largest absolute Gasteiger partial charge is 0.375 e. The quantitative estimate of drug-likeness (QED) is 0.813. The molecule has 3 heteroatoms. The summed E-state index contributed by atoms with van der Waals surface area (Å²) in [7, 11) is 2.06. The molecule has 0 radical (unpaired) electrons. The molecule has 1 N–H and O–H groups in total. The normalized spacial score (nSPS) is 18.2. The maximum atomic E-state index is 11.4. The number of aryl methyl sites for hydroxylation is 2. The number of ketones is 1. The minimum atomic E-state index is -0.0397. The molecular formula is C14H16N2O. The van der Waals surface area contributed by atoms with Crippen LogP contribution in [0.25, 0.3) is 10.9 Å². The molecule has 2 heterocycles. The van der Waals surface area contributed by atoms with E-state index in [0.29, 0.717) is 0 Å². The second kappa shape index (κ2) is 3.36. The molecule has 0 saturated heterocycles. The molecule has 1 unspecified atom stereocenters. The van der Waals surface area contributed by atoms with E-state index in [-0.39, 0.29) is 11.8 Å². The smallest absolute Gasteiger partial charge is 0.152 e. The lowest BCUT2D eigenvalue weighted by Crippen LogP contribution is -2.23. The summed E-state index contributed by atoms with van der Waals surface area (Å²) in [5.41, 5.74) is 4.89. The first-order chi connectivity index (χ1) is 8.06. The van der Waals surface area contributed by atoms with Gasteiger partial charge < -0.3 is 9.88 Å². The van der Waals surface area contributed by atoms with Crippen LogP contribution in [0.5, 0.6) is 0 Å². The predicted octanol–water partition coefficient (Wildman–Crippen LogP) is 2.41. The van der Waals surface area contributed by atoms with Gasteiger partial charge in [-0.3, -0.25) is 4.79 Å². The van der Waals surface area contributed by atoms with Gasteiger partial charge in [0.2, 0.25) is 0 Å². The number of hydrogen-bond acceptors (Lipinski definition) is 2. The Kier molecular flexibility index (Phi) is 2.05. The highest BCUT2D eigenvalue weighted by Crippen LogP contribution is 2.32. The Morgan fingerprint density at radius 2 is 2.24 bits per heavy atom. The maximum Gasteiger partial charge on any atom is 0.152 e. The van der Waals surface area contributed by atoms with Gasteiger partial charge in [0, 0.05) is 36.3 Å². The number of carbonyl (C=O) groups is 1. The first-order valence-electron chi connectivity index (χ1n) is 5.92. The Morgan fingerprint density at radius 1 is 1.47 bits per heavy atom. The van der Waals surface area contributed by atoms with Crippen LogP contribution < -0.4 is 5.32 Å². The molecule has 2 aromatic rings. The summed E-state index contributed by atoms with van der Waals surface area (Å²) < 4.78 is 2.14. The number of hydrogen-bond donors (Lipinski definition) is 1. The fourth-order valence-corrected chi connectivity index (χ4v) is 2.68. The first-order valence-corrected chi connectivity index (χ1v) is 5.92. The van der Waals surface area contributed by atoms with Crippen molar-refractivity contribution in [2.45, 2.75) is 26.3 Å². The molecule has 17 heavy (non-hydrogen) atoms. The van der Waals surface area contributed by atoms with Gasteiger partial charge >= 0.3 is 0 Å². The Labute approximate surface area is 100 Å². The molecule has 0 saturated carbocycles. The standard InChI is InChI=1S/C14H16N2O/c1-8-7-16(3)14-5-10-4-12(9(2)17)15-13(10)6-11(8)14/h5-7,12,15H,4H2,1-3H3. The highest BCUT2D eigenvalue weighted by atomic mass is 16.1. The summed E-state index contributed by atoms with van der Waals surface area (Å²) in [5, 5.41) is 4.57. The third kappa shape index (κ3) is 1.46. The number of Topliss-reactive ketones (excluding diaryl/α,β-unsaturated/α-hetero) is 1. The van der Waals surface area contributed by atoms with Gasteiger partial charge in [0.15, 0.2) is 5.78 Å². The molecule has 0 bridgehead atoms. The second-order valence-electron chi connectivity index (χ2n) is 4.96. The highest BCUT2D eigenvalue weighted by Gasteiger charge is 2.24. The number of benzene rings is 1. The molecule has 0 spiro atoms. The number of rotatable bonds is 1. The average molecular weight is 228 g/mol. The van der Waals surface area contributed by atoms with Crippen molar-refractivity contribution in [3.63, 3.8) is 0 Å². The Bertz CT molecular complexity index is 579. The van der Waals surface area contributed by atoms with Gasteiger partial charge in [0.25, 0.3) is 0 Å². The zero-order valence-electron chi connectivity index (χ0n) is 10.4. The van der Waals surface area contributed by atoms with Gasteiger partial charge in [-0.15, -0.1) is 0 Å². The van der Waals surface area contributed by atoms with E-state index in [2.05, 4.69) is 42.2 Å². The van der Waals surface area contributed by atoms with Crippen LogP contribution in [-0.4, -0.2) is 16.4 Å². The third-order valence-corrected chi connectivity index (χ3v) is 3.66. The molecule has 3 rings (SSSR count). The minimum absolute atomic E-state index is 0.0397. The highest BCUT2D eigenvalue weighted by molar-refractivity contribution is 5.93. The number of aromatic nitrogens is 1.